The van der Waals surface area contributed by atoms with Crippen LogP contribution in [0.25, 0.3) is 0 Å². The highest BCUT2D eigenvalue weighted by atomic mass is 35.5. The number of carbonyl (C=O) groups excluding carboxylic acids is 2. The predicted octanol–water partition coefficient (Wildman–Crippen LogP) is 1.66. The normalized spacial score (nSPS) is 18.1. The lowest BCUT2D eigenvalue weighted by atomic mass is 10.0. The molecule has 0 radical (unpaired) electrons. The summed E-state index contributed by atoms with van der Waals surface area (Å²) in [5.41, 5.74) is 0. The Morgan fingerprint density at radius 1 is 1.50 bits per heavy atom. The second-order valence-corrected chi connectivity index (χ2v) is 5.68. The Morgan fingerprint density at radius 3 is 3.00 bits per heavy atom. The van der Waals surface area contributed by atoms with Gasteiger partial charge in [-0.15, -0.1) is 0 Å². The quantitative estimate of drug-likeness (QED) is 0.834. The maximum Gasteiger partial charge on any atom is 0.410 e. The Labute approximate surface area is 134 Å². The number of amides is 2. The van der Waals surface area contributed by atoms with Gasteiger partial charge in [-0.1, -0.05) is 11.6 Å². The van der Waals surface area contributed by atoms with Gasteiger partial charge in [-0.2, -0.15) is 5.10 Å². The molecule has 2 amide bonds. The van der Waals surface area contributed by atoms with Crippen LogP contribution in [0.2, 0.25) is 5.02 Å². The van der Waals surface area contributed by atoms with E-state index in [9.17, 15) is 9.59 Å². The van der Waals surface area contributed by atoms with Crippen LogP contribution in [0.3, 0.4) is 0 Å². The fourth-order valence-corrected chi connectivity index (χ4v) is 2.73. The fourth-order valence-electron chi connectivity index (χ4n) is 2.57. The number of likely N-dealkylation sites (tertiary alicyclic amines) is 1. The van der Waals surface area contributed by atoms with E-state index in [0.717, 1.165) is 19.3 Å². The average Bonchev–Trinajstić information content (AvgIpc) is 2.96. The molecule has 2 heterocycles. The van der Waals surface area contributed by atoms with Crippen LogP contribution in [0.4, 0.5) is 4.79 Å². The molecule has 1 fully saturated rings. The fraction of sp³-hybridized carbons (Fsp3) is 0.643. The predicted molar refractivity (Wildman–Crippen MR) is 81.6 cm³/mol. The molecule has 0 aromatic carbocycles. The van der Waals surface area contributed by atoms with E-state index in [0.29, 0.717) is 31.1 Å². The molecular formula is C14H21ClN4O3. The van der Waals surface area contributed by atoms with Crippen molar-refractivity contribution in [1.29, 1.82) is 0 Å². The van der Waals surface area contributed by atoms with E-state index in [1.807, 2.05) is 0 Å². The highest BCUT2D eigenvalue weighted by Crippen LogP contribution is 2.18. The van der Waals surface area contributed by atoms with Crippen LogP contribution in [0.15, 0.2) is 12.4 Å². The van der Waals surface area contributed by atoms with Crippen molar-refractivity contribution < 1.29 is 14.3 Å². The molecule has 2 rings (SSSR count). The largest absolute Gasteiger partial charge is 0.453 e. The van der Waals surface area contributed by atoms with Gasteiger partial charge in [0, 0.05) is 25.8 Å². The summed E-state index contributed by atoms with van der Waals surface area (Å²) in [7, 11) is 1.33. The molecule has 0 unspecified atom stereocenters. The molecule has 7 nitrogen and oxygen atoms in total. The zero-order valence-electron chi connectivity index (χ0n) is 12.6. The Kier molecular flexibility index (Phi) is 6.06. The van der Waals surface area contributed by atoms with Crippen LogP contribution in [0, 0.1) is 0 Å². The van der Waals surface area contributed by atoms with Gasteiger partial charge in [-0.3, -0.25) is 14.4 Å². The van der Waals surface area contributed by atoms with Gasteiger partial charge in [0.15, 0.2) is 0 Å². The maximum absolute atomic E-state index is 12.2. The van der Waals surface area contributed by atoms with Crippen molar-refractivity contribution >= 4 is 23.6 Å². The van der Waals surface area contributed by atoms with Crippen molar-refractivity contribution in [1.82, 2.24) is 20.0 Å². The standard InChI is InChI=1S/C14H21ClN4O3/c1-22-14(21)19-8-3-2-5-12(19)13(20)16-6-4-7-18-10-11(15)9-17-18/h9-10,12H,2-8H2,1H3,(H,16,20)/t12-/m0/s1. The van der Waals surface area contributed by atoms with Crippen LogP contribution < -0.4 is 5.32 Å². The summed E-state index contributed by atoms with van der Waals surface area (Å²) < 4.78 is 6.47. The van der Waals surface area contributed by atoms with Crippen molar-refractivity contribution in [2.75, 3.05) is 20.2 Å². The molecule has 1 atom stereocenters. The number of methoxy groups -OCH3 is 1. The van der Waals surface area contributed by atoms with Crippen LogP contribution in [-0.2, 0) is 16.1 Å². The van der Waals surface area contributed by atoms with Gasteiger partial charge in [0.05, 0.1) is 18.3 Å². The first-order valence-electron chi connectivity index (χ1n) is 7.42. The summed E-state index contributed by atoms with van der Waals surface area (Å²) in [6, 6.07) is -0.430. The molecule has 0 aliphatic carbocycles. The number of aryl methyl sites for hydroxylation is 1. The first kappa shape index (κ1) is 16.6. The molecule has 22 heavy (non-hydrogen) atoms. The van der Waals surface area contributed by atoms with Crippen LogP contribution in [0.5, 0.6) is 0 Å². The van der Waals surface area contributed by atoms with Crippen molar-refractivity contribution in [3.8, 4) is 0 Å². The van der Waals surface area contributed by atoms with Gasteiger partial charge in [0.1, 0.15) is 6.04 Å². The number of halogens is 1. The molecule has 0 saturated carbocycles. The molecule has 1 N–H and O–H groups in total. The van der Waals surface area contributed by atoms with Gasteiger partial charge >= 0.3 is 6.09 Å². The number of nitrogens with one attached hydrogen (secondary N) is 1. The number of piperidine rings is 1. The number of ether oxygens (including phenoxy) is 1. The van der Waals surface area contributed by atoms with E-state index in [1.165, 1.54) is 12.0 Å². The molecule has 1 saturated heterocycles. The monoisotopic (exact) mass is 328 g/mol. The lowest BCUT2D eigenvalue weighted by Crippen LogP contribution is -2.52. The third-order valence-corrected chi connectivity index (χ3v) is 3.87. The summed E-state index contributed by atoms with van der Waals surface area (Å²) in [6.45, 7) is 1.77. The molecule has 0 spiro atoms. The minimum atomic E-state index is -0.439. The minimum Gasteiger partial charge on any atom is -0.453 e. The Hall–Kier alpha value is -1.76. The zero-order valence-corrected chi connectivity index (χ0v) is 13.4. The number of carbonyl (C=O) groups is 2. The number of hydrogen-bond donors (Lipinski definition) is 1. The first-order chi connectivity index (χ1) is 10.6. The second-order valence-electron chi connectivity index (χ2n) is 5.24. The van der Waals surface area contributed by atoms with E-state index in [-0.39, 0.29) is 5.91 Å². The van der Waals surface area contributed by atoms with Gasteiger partial charge < -0.3 is 10.1 Å². The SMILES string of the molecule is COC(=O)N1CCCC[C@H]1C(=O)NCCCn1cc(Cl)cn1. The average molecular weight is 329 g/mol. The third-order valence-electron chi connectivity index (χ3n) is 3.68. The lowest BCUT2D eigenvalue weighted by Gasteiger charge is -2.33. The van der Waals surface area contributed by atoms with Crippen molar-refractivity contribution in [3.63, 3.8) is 0 Å². The van der Waals surface area contributed by atoms with Crippen LogP contribution >= 0.6 is 11.6 Å². The number of rotatable bonds is 5. The van der Waals surface area contributed by atoms with Gasteiger partial charge in [-0.05, 0) is 25.7 Å². The molecule has 8 heteroatoms. The smallest absolute Gasteiger partial charge is 0.410 e. The van der Waals surface area contributed by atoms with E-state index >= 15 is 0 Å². The highest BCUT2D eigenvalue weighted by molar-refractivity contribution is 6.30. The molecule has 1 aromatic heterocycles. The van der Waals surface area contributed by atoms with Crippen molar-refractivity contribution in [3.05, 3.63) is 17.4 Å². The van der Waals surface area contributed by atoms with Crippen molar-refractivity contribution in [2.24, 2.45) is 0 Å². The number of hydrogen-bond acceptors (Lipinski definition) is 4. The first-order valence-corrected chi connectivity index (χ1v) is 7.80. The molecule has 1 aliphatic heterocycles. The summed E-state index contributed by atoms with van der Waals surface area (Å²) in [5.74, 6) is -0.122. The van der Waals surface area contributed by atoms with Crippen LogP contribution in [-0.4, -0.2) is 52.9 Å². The van der Waals surface area contributed by atoms with Crippen molar-refractivity contribution in [2.45, 2.75) is 38.3 Å². The summed E-state index contributed by atoms with van der Waals surface area (Å²) >= 11 is 5.78. The Bertz CT molecular complexity index is 520. The molecule has 1 aliphatic rings. The van der Waals surface area contributed by atoms with E-state index < -0.39 is 12.1 Å². The lowest BCUT2D eigenvalue weighted by molar-refractivity contribution is -0.127. The second kappa shape index (κ2) is 8.03. The van der Waals surface area contributed by atoms with E-state index in [4.69, 9.17) is 16.3 Å². The van der Waals surface area contributed by atoms with Crippen LogP contribution in [0.1, 0.15) is 25.7 Å². The molecule has 122 valence electrons. The number of aromatic nitrogens is 2. The topological polar surface area (TPSA) is 76.5 Å². The third kappa shape index (κ3) is 4.37. The summed E-state index contributed by atoms with van der Waals surface area (Å²) in [6.07, 6.45) is 6.15. The molecular weight excluding hydrogens is 308 g/mol. The van der Waals surface area contributed by atoms with E-state index in [2.05, 4.69) is 10.4 Å². The summed E-state index contributed by atoms with van der Waals surface area (Å²) in [4.78, 5) is 25.4. The summed E-state index contributed by atoms with van der Waals surface area (Å²) in [5, 5.41) is 7.54. The Balaban J connectivity index is 1.76. The van der Waals surface area contributed by atoms with Gasteiger partial charge in [0.25, 0.3) is 0 Å². The van der Waals surface area contributed by atoms with Gasteiger partial charge in [-0.25, -0.2) is 4.79 Å². The molecule has 1 aromatic rings. The minimum absolute atomic E-state index is 0.122. The number of nitrogens with zero attached hydrogens (tertiary/aromatic N) is 3. The molecule has 0 bridgehead atoms. The zero-order chi connectivity index (χ0) is 15.9. The maximum atomic E-state index is 12.2. The van der Waals surface area contributed by atoms with Gasteiger partial charge in [0.2, 0.25) is 5.91 Å². The Morgan fingerprint density at radius 2 is 2.32 bits per heavy atom. The highest BCUT2D eigenvalue weighted by Gasteiger charge is 2.32. The van der Waals surface area contributed by atoms with E-state index in [1.54, 1.807) is 17.1 Å².